The van der Waals surface area contributed by atoms with Gasteiger partial charge in [0.15, 0.2) is 11.9 Å². The first-order valence-electron chi connectivity index (χ1n) is 9.06. The van der Waals surface area contributed by atoms with Gasteiger partial charge < -0.3 is 19.7 Å². The molecule has 0 unspecified atom stereocenters. The Morgan fingerprint density at radius 3 is 2.73 bits per heavy atom. The second-order valence-electron chi connectivity index (χ2n) is 6.63. The van der Waals surface area contributed by atoms with Crippen LogP contribution in [0.15, 0.2) is 36.5 Å². The zero-order valence-corrected chi connectivity index (χ0v) is 17.7. The Bertz CT molecular complexity index is 985. The highest BCUT2D eigenvalue weighted by Gasteiger charge is 2.38. The van der Waals surface area contributed by atoms with Gasteiger partial charge in [0, 0.05) is 19.2 Å². The molecule has 0 aliphatic carbocycles. The van der Waals surface area contributed by atoms with Crippen LogP contribution in [0.1, 0.15) is 13.3 Å². The number of ether oxygens (including phenoxy) is 2. The lowest BCUT2D eigenvalue weighted by Gasteiger charge is -2.20. The van der Waals surface area contributed by atoms with E-state index < -0.39 is 23.9 Å². The normalized spacial score (nSPS) is 16.9. The second kappa shape index (κ2) is 9.32. The summed E-state index contributed by atoms with van der Waals surface area (Å²) >= 11 is 11.8. The number of pyridine rings is 1. The van der Waals surface area contributed by atoms with Crippen molar-refractivity contribution in [1.29, 1.82) is 0 Å². The standard InChI is InChI=1S/C20H19Cl2N3O5/c1-11(19(27)24-18-14(22)8-13(21)9-23-18)30-20(28)12-7-17(26)25(10-12)15-5-3-4-6-16(15)29-2/h3-6,8-9,11-12H,7,10H2,1-2H3,(H,23,24,27)/t11-,12+/m0/s1. The van der Waals surface area contributed by atoms with Gasteiger partial charge in [-0.25, -0.2) is 4.98 Å². The van der Waals surface area contributed by atoms with Crippen molar-refractivity contribution in [1.82, 2.24) is 4.98 Å². The number of anilines is 2. The van der Waals surface area contributed by atoms with E-state index in [9.17, 15) is 14.4 Å². The number of benzene rings is 1. The van der Waals surface area contributed by atoms with E-state index in [1.165, 1.54) is 31.2 Å². The highest BCUT2D eigenvalue weighted by molar-refractivity contribution is 6.36. The molecule has 1 aromatic heterocycles. The molecule has 2 amide bonds. The molecular weight excluding hydrogens is 433 g/mol. The van der Waals surface area contributed by atoms with E-state index in [4.69, 9.17) is 32.7 Å². The number of halogens is 2. The van der Waals surface area contributed by atoms with Gasteiger partial charge in [0.1, 0.15) is 5.75 Å². The third kappa shape index (κ3) is 4.83. The van der Waals surface area contributed by atoms with Gasteiger partial charge in [-0.3, -0.25) is 14.4 Å². The summed E-state index contributed by atoms with van der Waals surface area (Å²) in [6.45, 7) is 1.56. The molecule has 2 atom stereocenters. The van der Waals surface area contributed by atoms with Crippen LogP contribution in [0.2, 0.25) is 10.0 Å². The summed E-state index contributed by atoms with van der Waals surface area (Å²) in [4.78, 5) is 42.7. The number of para-hydroxylation sites is 2. The lowest BCUT2D eigenvalue weighted by atomic mass is 10.1. The zero-order chi connectivity index (χ0) is 21.8. The zero-order valence-electron chi connectivity index (χ0n) is 16.2. The Labute approximate surface area is 183 Å². The van der Waals surface area contributed by atoms with Crippen LogP contribution in [0.4, 0.5) is 11.5 Å². The number of aromatic nitrogens is 1. The number of methoxy groups -OCH3 is 1. The van der Waals surface area contributed by atoms with Crippen LogP contribution >= 0.6 is 23.2 Å². The molecule has 1 fully saturated rings. The van der Waals surface area contributed by atoms with Gasteiger partial charge in [-0.15, -0.1) is 0 Å². The maximum Gasteiger partial charge on any atom is 0.312 e. The summed E-state index contributed by atoms with van der Waals surface area (Å²) in [6, 6.07) is 8.47. The maximum absolute atomic E-state index is 12.5. The average molecular weight is 452 g/mol. The molecular formula is C20H19Cl2N3O5. The molecule has 0 saturated carbocycles. The van der Waals surface area contributed by atoms with Crippen molar-refractivity contribution in [3.05, 3.63) is 46.6 Å². The minimum absolute atomic E-state index is 0.0181. The molecule has 2 aromatic rings. The highest BCUT2D eigenvalue weighted by Crippen LogP contribution is 2.33. The molecule has 2 heterocycles. The molecule has 3 rings (SSSR count). The summed E-state index contributed by atoms with van der Waals surface area (Å²) in [5.41, 5.74) is 0.578. The van der Waals surface area contributed by atoms with Crippen molar-refractivity contribution in [3.8, 4) is 5.75 Å². The molecule has 10 heteroatoms. The molecule has 8 nitrogen and oxygen atoms in total. The van der Waals surface area contributed by atoms with Crippen LogP contribution in [0.5, 0.6) is 5.75 Å². The quantitative estimate of drug-likeness (QED) is 0.676. The minimum Gasteiger partial charge on any atom is -0.495 e. The smallest absolute Gasteiger partial charge is 0.312 e. The largest absolute Gasteiger partial charge is 0.495 e. The van der Waals surface area contributed by atoms with E-state index in [1.54, 1.807) is 24.3 Å². The van der Waals surface area contributed by atoms with E-state index in [0.717, 1.165) is 0 Å². The molecule has 1 aromatic carbocycles. The van der Waals surface area contributed by atoms with Gasteiger partial charge in [-0.05, 0) is 25.1 Å². The van der Waals surface area contributed by atoms with Crippen molar-refractivity contribution in [2.24, 2.45) is 5.92 Å². The van der Waals surface area contributed by atoms with Crippen LogP contribution in [0, 0.1) is 5.92 Å². The molecule has 1 saturated heterocycles. The highest BCUT2D eigenvalue weighted by atomic mass is 35.5. The van der Waals surface area contributed by atoms with Crippen molar-refractivity contribution in [3.63, 3.8) is 0 Å². The molecule has 0 spiro atoms. The molecule has 1 N–H and O–H groups in total. The van der Waals surface area contributed by atoms with Gasteiger partial charge in [-0.2, -0.15) is 0 Å². The third-order valence-corrected chi connectivity index (χ3v) is 5.04. The van der Waals surface area contributed by atoms with E-state index in [1.807, 2.05) is 0 Å². The van der Waals surface area contributed by atoms with Gasteiger partial charge in [0.05, 0.1) is 28.8 Å². The summed E-state index contributed by atoms with van der Waals surface area (Å²) in [5.74, 6) is -1.54. The fraction of sp³-hybridized carbons (Fsp3) is 0.300. The van der Waals surface area contributed by atoms with E-state index >= 15 is 0 Å². The fourth-order valence-corrected chi connectivity index (χ4v) is 3.43. The van der Waals surface area contributed by atoms with Crippen molar-refractivity contribution in [2.45, 2.75) is 19.4 Å². The number of rotatable bonds is 6. The molecule has 1 aliphatic heterocycles. The average Bonchev–Trinajstić information content (AvgIpc) is 3.11. The van der Waals surface area contributed by atoms with Gasteiger partial charge in [0.2, 0.25) is 5.91 Å². The van der Waals surface area contributed by atoms with Gasteiger partial charge in [0.25, 0.3) is 5.91 Å². The molecule has 0 radical (unpaired) electrons. The Kier molecular flexibility index (Phi) is 6.79. The summed E-state index contributed by atoms with van der Waals surface area (Å²) in [7, 11) is 1.51. The predicted octanol–water partition coefficient (Wildman–Crippen LogP) is 3.32. The lowest BCUT2D eigenvalue weighted by Crippen LogP contribution is -2.33. The first kappa shape index (κ1) is 21.9. The number of carbonyl (C=O) groups is 3. The number of carbonyl (C=O) groups excluding carboxylic acids is 3. The summed E-state index contributed by atoms with van der Waals surface area (Å²) in [6.07, 6.45) is 0.202. The van der Waals surface area contributed by atoms with E-state index in [-0.39, 0.29) is 29.7 Å². The number of hydrogen-bond acceptors (Lipinski definition) is 6. The Morgan fingerprint density at radius 1 is 1.30 bits per heavy atom. The number of nitrogens with zero attached hydrogens (tertiary/aromatic N) is 2. The first-order chi connectivity index (χ1) is 14.3. The molecule has 30 heavy (non-hydrogen) atoms. The minimum atomic E-state index is -1.11. The molecule has 0 bridgehead atoms. The topological polar surface area (TPSA) is 97.8 Å². The third-order valence-electron chi connectivity index (χ3n) is 4.55. The van der Waals surface area contributed by atoms with Crippen LogP contribution in [-0.4, -0.2) is 42.5 Å². The Morgan fingerprint density at radius 2 is 2.03 bits per heavy atom. The number of hydrogen-bond donors (Lipinski definition) is 1. The number of nitrogens with one attached hydrogen (secondary N) is 1. The summed E-state index contributed by atoms with van der Waals surface area (Å²) in [5, 5.41) is 2.96. The lowest BCUT2D eigenvalue weighted by molar-refractivity contribution is -0.157. The SMILES string of the molecule is COc1ccccc1N1C[C@H](C(=O)O[C@@H](C)C(=O)Nc2ncc(Cl)cc2Cl)CC1=O. The molecule has 1 aliphatic rings. The van der Waals surface area contributed by atoms with Gasteiger partial charge in [-0.1, -0.05) is 35.3 Å². The van der Waals surface area contributed by atoms with Crippen LogP contribution < -0.4 is 15.0 Å². The van der Waals surface area contributed by atoms with Crippen LogP contribution in [-0.2, 0) is 19.1 Å². The maximum atomic E-state index is 12.5. The van der Waals surface area contributed by atoms with Crippen molar-refractivity contribution < 1.29 is 23.9 Å². The van der Waals surface area contributed by atoms with Crippen LogP contribution in [0.3, 0.4) is 0 Å². The number of esters is 1. The van der Waals surface area contributed by atoms with E-state index in [2.05, 4.69) is 10.3 Å². The fourth-order valence-electron chi connectivity index (χ4n) is 3.00. The van der Waals surface area contributed by atoms with Crippen LogP contribution in [0.25, 0.3) is 0 Å². The molecule has 158 valence electrons. The Hall–Kier alpha value is -2.84. The predicted molar refractivity (Wildman–Crippen MR) is 112 cm³/mol. The van der Waals surface area contributed by atoms with Crippen molar-refractivity contribution in [2.75, 3.05) is 23.9 Å². The number of amides is 2. The Balaban J connectivity index is 1.61. The first-order valence-corrected chi connectivity index (χ1v) is 9.81. The second-order valence-corrected chi connectivity index (χ2v) is 7.47. The van der Waals surface area contributed by atoms with Gasteiger partial charge >= 0.3 is 5.97 Å². The monoisotopic (exact) mass is 451 g/mol. The summed E-state index contributed by atoms with van der Waals surface area (Å²) < 4.78 is 10.5. The van der Waals surface area contributed by atoms with Crippen molar-refractivity contribution >= 4 is 52.5 Å². The van der Waals surface area contributed by atoms with E-state index in [0.29, 0.717) is 16.5 Å².